The standard InChI is InChI=1S/C24H26N2O5/c1-15(2)14-19(26-21(27)17-12-8-9-13-18(17)22(26)28)24(30)31-20(23(29)25(3)4)16-10-6-5-7-11-16/h5-13,15,19-20H,14H2,1-4H3/t19-,20-/m0/s1. The molecule has 0 radical (unpaired) electrons. The van der Waals surface area contributed by atoms with Gasteiger partial charge in [-0.1, -0.05) is 56.3 Å². The van der Waals surface area contributed by atoms with Gasteiger partial charge in [-0.25, -0.2) is 4.79 Å². The molecule has 0 saturated heterocycles. The van der Waals surface area contributed by atoms with Crippen LogP contribution in [0.2, 0.25) is 0 Å². The van der Waals surface area contributed by atoms with Gasteiger partial charge in [-0.2, -0.15) is 0 Å². The summed E-state index contributed by atoms with van der Waals surface area (Å²) in [5.41, 5.74) is 1.04. The summed E-state index contributed by atoms with van der Waals surface area (Å²) in [4.78, 5) is 54.2. The van der Waals surface area contributed by atoms with E-state index in [1.165, 1.54) is 4.90 Å². The highest BCUT2D eigenvalue weighted by atomic mass is 16.6. The first kappa shape index (κ1) is 22.2. The number of carbonyl (C=O) groups excluding carboxylic acids is 4. The van der Waals surface area contributed by atoms with E-state index < -0.39 is 35.8 Å². The summed E-state index contributed by atoms with van der Waals surface area (Å²) in [6.07, 6.45) is -0.948. The maximum absolute atomic E-state index is 13.3. The quantitative estimate of drug-likeness (QED) is 0.506. The van der Waals surface area contributed by atoms with Crippen molar-refractivity contribution in [2.45, 2.75) is 32.4 Å². The van der Waals surface area contributed by atoms with E-state index in [4.69, 9.17) is 4.74 Å². The van der Waals surface area contributed by atoms with Gasteiger partial charge in [-0.3, -0.25) is 19.3 Å². The van der Waals surface area contributed by atoms with Crippen LogP contribution in [0.5, 0.6) is 0 Å². The predicted molar refractivity (Wildman–Crippen MR) is 114 cm³/mol. The molecular formula is C24H26N2O5. The second-order valence-electron chi connectivity index (χ2n) is 8.13. The molecule has 0 N–H and O–H groups in total. The van der Waals surface area contributed by atoms with Crippen LogP contribution in [0.15, 0.2) is 54.6 Å². The number of carbonyl (C=O) groups is 4. The Morgan fingerprint density at radius 3 is 1.90 bits per heavy atom. The molecule has 0 saturated carbocycles. The van der Waals surface area contributed by atoms with E-state index in [1.54, 1.807) is 68.7 Å². The first-order valence-electron chi connectivity index (χ1n) is 10.2. The van der Waals surface area contributed by atoms with Crippen LogP contribution in [0.1, 0.15) is 52.7 Å². The van der Waals surface area contributed by atoms with Gasteiger partial charge in [0.05, 0.1) is 11.1 Å². The van der Waals surface area contributed by atoms with Crippen LogP contribution in [0.4, 0.5) is 0 Å². The monoisotopic (exact) mass is 422 g/mol. The SMILES string of the molecule is CC(C)C[C@@H](C(=O)O[C@H](C(=O)N(C)C)c1ccccc1)N1C(=O)c2ccccc2C1=O. The third-order valence-electron chi connectivity index (χ3n) is 5.11. The van der Waals surface area contributed by atoms with Crippen molar-refractivity contribution in [1.82, 2.24) is 9.80 Å². The molecule has 0 aliphatic carbocycles. The van der Waals surface area contributed by atoms with Crippen molar-refractivity contribution in [3.8, 4) is 0 Å². The van der Waals surface area contributed by atoms with E-state index in [9.17, 15) is 19.2 Å². The number of hydrogen-bond donors (Lipinski definition) is 0. The van der Waals surface area contributed by atoms with Gasteiger partial charge in [0.25, 0.3) is 17.7 Å². The lowest BCUT2D eigenvalue weighted by atomic mass is 10.0. The lowest BCUT2D eigenvalue weighted by Crippen LogP contribution is -2.47. The Kier molecular flexibility index (Phi) is 6.53. The summed E-state index contributed by atoms with van der Waals surface area (Å²) in [7, 11) is 3.14. The molecule has 0 bridgehead atoms. The zero-order valence-corrected chi connectivity index (χ0v) is 18.1. The van der Waals surface area contributed by atoms with Gasteiger partial charge < -0.3 is 9.64 Å². The van der Waals surface area contributed by atoms with Crippen LogP contribution < -0.4 is 0 Å². The number of esters is 1. The molecule has 31 heavy (non-hydrogen) atoms. The number of hydrogen-bond acceptors (Lipinski definition) is 5. The number of benzene rings is 2. The van der Waals surface area contributed by atoms with E-state index in [0.29, 0.717) is 5.56 Å². The second-order valence-corrected chi connectivity index (χ2v) is 8.13. The molecule has 162 valence electrons. The van der Waals surface area contributed by atoms with E-state index in [1.807, 2.05) is 13.8 Å². The van der Waals surface area contributed by atoms with Crippen LogP contribution in [0.3, 0.4) is 0 Å². The van der Waals surface area contributed by atoms with E-state index >= 15 is 0 Å². The number of rotatable bonds is 7. The Hall–Kier alpha value is -3.48. The smallest absolute Gasteiger partial charge is 0.330 e. The summed E-state index contributed by atoms with van der Waals surface area (Å²) < 4.78 is 5.65. The molecule has 2 atom stereocenters. The molecule has 0 fully saturated rings. The lowest BCUT2D eigenvalue weighted by Gasteiger charge is -2.28. The van der Waals surface area contributed by atoms with Gasteiger partial charge in [-0.15, -0.1) is 0 Å². The first-order valence-corrected chi connectivity index (χ1v) is 10.2. The highest BCUT2D eigenvalue weighted by Crippen LogP contribution is 2.29. The number of likely N-dealkylation sites (N-methyl/N-ethyl adjacent to an activating group) is 1. The molecule has 2 aromatic rings. The van der Waals surface area contributed by atoms with Gasteiger partial charge in [0.2, 0.25) is 6.10 Å². The van der Waals surface area contributed by atoms with Gasteiger partial charge in [0, 0.05) is 19.7 Å². The van der Waals surface area contributed by atoms with E-state index in [2.05, 4.69) is 0 Å². The van der Waals surface area contributed by atoms with Gasteiger partial charge in [0.15, 0.2) is 0 Å². The normalized spacial score (nSPS) is 14.9. The average Bonchev–Trinajstić information content (AvgIpc) is 3.00. The molecule has 7 nitrogen and oxygen atoms in total. The van der Waals surface area contributed by atoms with Gasteiger partial charge >= 0.3 is 5.97 Å². The highest BCUT2D eigenvalue weighted by Gasteiger charge is 2.44. The van der Waals surface area contributed by atoms with Crippen molar-refractivity contribution in [1.29, 1.82) is 0 Å². The molecule has 1 aliphatic rings. The molecule has 3 amide bonds. The molecule has 0 aromatic heterocycles. The third kappa shape index (κ3) is 4.50. The minimum atomic E-state index is -1.17. The molecule has 1 aliphatic heterocycles. The molecule has 3 rings (SSSR count). The Labute approximate surface area is 181 Å². The van der Waals surface area contributed by atoms with Crippen LogP contribution >= 0.6 is 0 Å². The number of ether oxygens (including phenoxy) is 1. The minimum Gasteiger partial charge on any atom is -0.446 e. The van der Waals surface area contributed by atoms with Crippen LogP contribution in [0.25, 0.3) is 0 Å². The van der Waals surface area contributed by atoms with Crippen LogP contribution in [-0.2, 0) is 14.3 Å². The molecule has 7 heteroatoms. The van der Waals surface area contributed by atoms with Crippen molar-refractivity contribution in [2.75, 3.05) is 14.1 Å². The summed E-state index contributed by atoms with van der Waals surface area (Å²) in [5.74, 6) is -2.25. The molecule has 1 heterocycles. The number of imide groups is 1. The molecular weight excluding hydrogens is 396 g/mol. The second kappa shape index (κ2) is 9.12. The lowest BCUT2D eigenvalue weighted by molar-refractivity contribution is -0.163. The maximum Gasteiger partial charge on any atom is 0.330 e. The summed E-state index contributed by atoms with van der Waals surface area (Å²) in [5, 5.41) is 0. The highest BCUT2D eigenvalue weighted by molar-refractivity contribution is 6.22. The molecule has 0 unspecified atom stereocenters. The topological polar surface area (TPSA) is 84.0 Å². The number of amides is 3. The van der Waals surface area contributed by atoms with Crippen molar-refractivity contribution in [2.24, 2.45) is 5.92 Å². The number of nitrogens with zero attached hydrogens (tertiary/aromatic N) is 2. The van der Waals surface area contributed by atoms with Crippen LogP contribution in [-0.4, -0.2) is 53.6 Å². The number of fused-ring (bicyclic) bond motifs is 1. The summed E-state index contributed by atoms with van der Waals surface area (Å²) >= 11 is 0. The van der Waals surface area contributed by atoms with Gasteiger partial charge in [-0.05, 0) is 24.5 Å². The molecule has 2 aromatic carbocycles. The Balaban J connectivity index is 1.94. The molecule has 0 spiro atoms. The van der Waals surface area contributed by atoms with Gasteiger partial charge in [0.1, 0.15) is 6.04 Å². The third-order valence-corrected chi connectivity index (χ3v) is 5.11. The summed E-state index contributed by atoms with van der Waals surface area (Å²) in [6.45, 7) is 3.77. The maximum atomic E-state index is 13.3. The fourth-order valence-electron chi connectivity index (χ4n) is 3.56. The minimum absolute atomic E-state index is 0.00147. The fraction of sp³-hybridized carbons (Fsp3) is 0.333. The van der Waals surface area contributed by atoms with Crippen molar-refractivity contribution < 1.29 is 23.9 Å². The first-order chi connectivity index (χ1) is 14.7. The zero-order chi connectivity index (χ0) is 22.7. The average molecular weight is 422 g/mol. The van der Waals surface area contributed by atoms with Crippen molar-refractivity contribution in [3.63, 3.8) is 0 Å². The predicted octanol–water partition coefficient (Wildman–Crippen LogP) is 3.07. The van der Waals surface area contributed by atoms with E-state index in [-0.39, 0.29) is 23.5 Å². The Morgan fingerprint density at radius 1 is 0.903 bits per heavy atom. The van der Waals surface area contributed by atoms with Crippen molar-refractivity contribution >= 4 is 23.7 Å². The Bertz CT molecular complexity index is 965. The largest absolute Gasteiger partial charge is 0.446 e. The zero-order valence-electron chi connectivity index (χ0n) is 18.1. The summed E-state index contributed by atoms with van der Waals surface area (Å²) in [6, 6.07) is 14.0. The van der Waals surface area contributed by atoms with E-state index in [0.717, 1.165) is 4.90 Å². The van der Waals surface area contributed by atoms with Crippen LogP contribution in [0, 0.1) is 5.92 Å². The Morgan fingerprint density at radius 2 is 1.42 bits per heavy atom. The van der Waals surface area contributed by atoms with Crippen molar-refractivity contribution in [3.05, 3.63) is 71.3 Å². The fourth-order valence-corrected chi connectivity index (χ4v) is 3.56.